The average Bonchev–Trinajstić information content (AvgIpc) is 2.62. The van der Waals surface area contributed by atoms with Crippen LogP contribution in [0, 0.1) is 18.7 Å². The van der Waals surface area contributed by atoms with Gasteiger partial charge in [0.05, 0.1) is 12.5 Å². The smallest absolute Gasteiger partial charge is 0.227 e. The molecule has 1 amide bonds. The van der Waals surface area contributed by atoms with Gasteiger partial charge < -0.3 is 14.8 Å². The van der Waals surface area contributed by atoms with Crippen molar-refractivity contribution in [1.29, 1.82) is 0 Å². The molecule has 2 aromatic carbocycles. The number of hydrogen-bond acceptors (Lipinski definition) is 3. The molecule has 0 fully saturated rings. The van der Waals surface area contributed by atoms with Crippen LogP contribution in [0.1, 0.15) is 23.6 Å². The second-order valence-electron chi connectivity index (χ2n) is 6.22. The summed E-state index contributed by atoms with van der Waals surface area (Å²) in [4.78, 5) is 12.4. The molecule has 1 heterocycles. The molecule has 132 valence electrons. The van der Waals surface area contributed by atoms with E-state index in [2.05, 4.69) is 5.32 Å². The van der Waals surface area contributed by atoms with Gasteiger partial charge in [0, 0.05) is 6.54 Å². The van der Waals surface area contributed by atoms with Gasteiger partial charge in [0.2, 0.25) is 5.91 Å². The van der Waals surface area contributed by atoms with E-state index >= 15 is 0 Å². The second kappa shape index (κ2) is 7.55. The van der Waals surface area contributed by atoms with Crippen LogP contribution < -0.4 is 14.8 Å². The minimum atomic E-state index is -0.245. The zero-order valence-corrected chi connectivity index (χ0v) is 14.5. The molecule has 25 heavy (non-hydrogen) atoms. The molecule has 1 unspecified atom stereocenters. The lowest BCUT2D eigenvalue weighted by atomic mass is 9.95. The molecule has 5 heteroatoms. The zero-order chi connectivity index (χ0) is 17.8. The third kappa shape index (κ3) is 4.10. The minimum absolute atomic E-state index is 0.0607. The predicted octanol–water partition coefficient (Wildman–Crippen LogP) is 3.40. The summed E-state index contributed by atoms with van der Waals surface area (Å²) >= 11 is 0. The fraction of sp³-hybridized carbons (Fsp3) is 0.350. The number of carbonyl (C=O) groups is 1. The van der Waals surface area contributed by atoms with Crippen molar-refractivity contribution in [3.63, 3.8) is 0 Å². The first-order valence-corrected chi connectivity index (χ1v) is 8.48. The van der Waals surface area contributed by atoms with Gasteiger partial charge in [0.15, 0.2) is 0 Å². The van der Waals surface area contributed by atoms with E-state index < -0.39 is 0 Å². The van der Waals surface area contributed by atoms with E-state index in [1.807, 2.05) is 25.1 Å². The summed E-state index contributed by atoms with van der Waals surface area (Å²) in [7, 11) is 0. The quantitative estimate of drug-likeness (QED) is 0.905. The van der Waals surface area contributed by atoms with Crippen LogP contribution in [0.15, 0.2) is 36.4 Å². The Morgan fingerprint density at radius 2 is 2.16 bits per heavy atom. The normalized spacial score (nSPS) is 15.9. The molecule has 1 aliphatic heterocycles. The highest BCUT2D eigenvalue weighted by molar-refractivity contribution is 5.79. The molecule has 0 saturated carbocycles. The molecule has 0 aromatic heterocycles. The van der Waals surface area contributed by atoms with Gasteiger partial charge in [-0.2, -0.15) is 0 Å². The van der Waals surface area contributed by atoms with Gasteiger partial charge in [-0.05, 0) is 61.2 Å². The number of benzene rings is 2. The molecule has 1 N–H and O–H groups in total. The first-order valence-electron chi connectivity index (χ1n) is 8.48. The van der Waals surface area contributed by atoms with E-state index in [1.54, 1.807) is 19.1 Å². The number of carbonyl (C=O) groups excluding carboxylic acids is 1. The van der Waals surface area contributed by atoms with E-state index in [1.165, 1.54) is 6.07 Å². The minimum Gasteiger partial charge on any atom is -0.494 e. The monoisotopic (exact) mass is 343 g/mol. The lowest BCUT2D eigenvalue weighted by Gasteiger charge is -2.25. The maximum absolute atomic E-state index is 13.3. The first kappa shape index (κ1) is 17.3. The highest BCUT2D eigenvalue weighted by Gasteiger charge is 2.26. The largest absolute Gasteiger partial charge is 0.494 e. The van der Waals surface area contributed by atoms with Crippen molar-refractivity contribution in [2.24, 2.45) is 5.92 Å². The summed E-state index contributed by atoms with van der Waals surface area (Å²) in [6, 6.07) is 10.5. The van der Waals surface area contributed by atoms with Crippen molar-refractivity contribution in [2.75, 3.05) is 13.2 Å². The number of nitrogens with one attached hydrogen (secondary N) is 1. The Balaban J connectivity index is 1.61. The van der Waals surface area contributed by atoms with E-state index in [0.717, 1.165) is 22.6 Å². The first-order chi connectivity index (χ1) is 12.1. The van der Waals surface area contributed by atoms with Crippen molar-refractivity contribution < 1.29 is 18.7 Å². The van der Waals surface area contributed by atoms with E-state index in [4.69, 9.17) is 9.47 Å². The van der Waals surface area contributed by atoms with E-state index in [9.17, 15) is 9.18 Å². The Labute approximate surface area is 147 Å². The Morgan fingerprint density at radius 1 is 1.32 bits per heavy atom. The van der Waals surface area contributed by atoms with Crippen LogP contribution >= 0.6 is 0 Å². The topological polar surface area (TPSA) is 47.6 Å². The van der Waals surface area contributed by atoms with Crippen molar-refractivity contribution >= 4 is 5.91 Å². The maximum atomic E-state index is 13.3. The van der Waals surface area contributed by atoms with Crippen LogP contribution in [0.25, 0.3) is 0 Å². The summed E-state index contributed by atoms with van der Waals surface area (Å²) < 4.78 is 24.5. The van der Waals surface area contributed by atoms with Gasteiger partial charge in [-0.3, -0.25) is 4.79 Å². The SMILES string of the molecule is CCOc1ccc2c(c1)CC(C(=O)NCc1ccc(F)c(C)c1)CO2. The number of rotatable bonds is 5. The Morgan fingerprint density at radius 3 is 2.92 bits per heavy atom. The van der Waals surface area contributed by atoms with Crippen molar-refractivity contribution in [3.8, 4) is 11.5 Å². The summed E-state index contributed by atoms with van der Waals surface area (Å²) in [5.41, 5.74) is 2.43. The lowest BCUT2D eigenvalue weighted by Crippen LogP contribution is -2.37. The average molecular weight is 343 g/mol. The third-order valence-corrected chi connectivity index (χ3v) is 4.31. The highest BCUT2D eigenvalue weighted by Crippen LogP contribution is 2.30. The van der Waals surface area contributed by atoms with Gasteiger partial charge in [0.25, 0.3) is 0 Å². The van der Waals surface area contributed by atoms with Crippen LogP contribution in [0.3, 0.4) is 0 Å². The molecule has 4 nitrogen and oxygen atoms in total. The third-order valence-electron chi connectivity index (χ3n) is 4.31. The van der Waals surface area contributed by atoms with Crippen LogP contribution in [-0.4, -0.2) is 19.1 Å². The van der Waals surface area contributed by atoms with Crippen molar-refractivity contribution in [1.82, 2.24) is 5.32 Å². The lowest BCUT2D eigenvalue weighted by molar-refractivity contribution is -0.126. The van der Waals surface area contributed by atoms with Gasteiger partial charge >= 0.3 is 0 Å². The summed E-state index contributed by atoms with van der Waals surface area (Å²) in [6.45, 7) is 4.98. The number of halogens is 1. The zero-order valence-electron chi connectivity index (χ0n) is 14.5. The van der Waals surface area contributed by atoms with E-state index in [0.29, 0.717) is 31.7 Å². The second-order valence-corrected chi connectivity index (χ2v) is 6.22. The standard InChI is InChI=1S/C20H22FNO3/c1-3-24-17-5-7-19-15(10-17)9-16(12-25-19)20(23)22-11-14-4-6-18(21)13(2)8-14/h4-8,10,16H,3,9,11-12H2,1-2H3,(H,22,23). The fourth-order valence-corrected chi connectivity index (χ4v) is 2.95. The molecule has 0 bridgehead atoms. The van der Waals surface area contributed by atoms with Gasteiger partial charge in [-0.25, -0.2) is 4.39 Å². The van der Waals surface area contributed by atoms with Crippen LogP contribution in [-0.2, 0) is 17.8 Å². The summed E-state index contributed by atoms with van der Waals surface area (Å²) in [5.74, 6) is 1.05. The molecule has 0 saturated heterocycles. The van der Waals surface area contributed by atoms with Gasteiger partial charge in [-0.15, -0.1) is 0 Å². The van der Waals surface area contributed by atoms with Crippen LogP contribution in [0.4, 0.5) is 4.39 Å². The molecule has 0 aliphatic carbocycles. The number of aryl methyl sites for hydroxylation is 1. The Hall–Kier alpha value is -2.56. The van der Waals surface area contributed by atoms with Gasteiger partial charge in [0.1, 0.15) is 23.9 Å². The van der Waals surface area contributed by atoms with Crippen molar-refractivity contribution in [3.05, 3.63) is 58.9 Å². The Kier molecular flexibility index (Phi) is 5.22. The molecule has 1 atom stereocenters. The molecular weight excluding hydrogens is 321 g/mol. The molecule has 0 radical (unpaired) electrons. The van der Waals surface area contributed by atoms with Crippen molar-refractivity contribution in [2.45, 2.75) is 26.8 Å². The summed E-state index contributed by atoms with van der Waals surface area (Å²) in [5, 5.41) is 2.91. The maximum Gasteiger partial charge on any atom is 0.227 e. The molecule has 1 aliphatic rings. The highest BCUT2D eigenvalue weighted by atomic mass is 19.1. The Bertz CT molecular complexity index is 776. The number of amides is 1. The van der Waals surface area contributed by atoms with Crippen LogP contribution in [0.2, 0.25) is 0 Å². The molecule has 3 rings (SSSR count). The predicted molar refractivity (Wildman–Crippen MR) is 93.3 cm³/mol. The number of hydrogen-bond donors (Lipinski definition) is 1. The van der Waals surface area contributed by atoms with E-state index in [-0.39, 0.29) is 17.6 Å². The molecule has 0 spiro atoms. The summed E-state index contributed by atoms with van der Waals surface area (Å²) in [6.07, 6.45) is 0.616. The number of ether oxygens (including phenoxy) is 2. The molecule has 2 aromatic rings. The molecular formula is C20H22FNO3. The van der Waals surface area contributed by atoms with Crippen LogP contribution in [0.5, 0.6) is 11.5 Å². The van der Waals surface area contributed by atoms with Gasteiger partial charge in [-0.1, -0.05) is 12.1 Å². The fourth-order valence-electron chi connectivity index (χ4n) is 2.95. The number of fused-ring (bicyclic) bond motifs is 1.